The smallest absolute Gasteiger partial charge is 0.0873 e. The second-order valence-electron chi connectivity index (χ2n) is 5.51. The van der Waals surface area contributed by atoms with Crippen molar-refractivity contribution in [2.24, 2.45) is 0 Å². The van der Waals surface area contributed by atoms with Gasteiger partial charge in [0.2, 0.25) is 0 Å². The third-order valence-corrected chi connectivity index (χ3v) is 3.22. The molecule has 0 aliphatic heterocycles. The van der Waals surface area contributed by atoms with E-state index < -0.39 is 0 Å². The van der Waals surface area contributed by atoms with Crippen molar-refractivity contribution in [3.63, 3.8) is 0 Å². The normalized spacial score (nSPS) is 12.4. The fourth-order valence-electron chi connectivity index (χ4n) is 2.15. The van der Waals surface area contributed by atoms with Crippen LogP contribution in [-0.2, 0) is 5.41 Å². The van der Waals surface area contributed by atoms with Gasteiger partial charge in [-0.2, -0.15) is 0 Å². The third-order valence-electron chi connectivity index (χ3n) is 3.22. The Morgan fingerprint density at radius 1 is 1.12 bits per heavy atom. The molecule has 0 saturated heterocycles. The van der Waals surface area contributed by atoms with E-state index in [4.69, 9.17) is 0 Å². The minimum absolute atomic E-state index is 0.168. The number of rotatable bonds is 0. The van der Waals surface area contributed by atoms with Crippen molar-refractivity contribution in [3.8, 4) is 0 Å². The summed E-state index contributed by atoms with van der Waals surface area (Å²) in [6, 6.07) is 10.7. The zero-order valence-electron chi connectivity index (χ0n) is 10.4. The number of hydrogen-bond acceptors (Lipinski definition) is 1. The molecule has 0 aliphatic rings. The lowest BCUT2D eigenvalue weighted by Gasteiger charge is -2.19. The van der Waals surface area contributed by atoms with E-state index in [-0.39, 0.29) is 5.41 Å². The van der Waals surface area contributed by atoms with Crippen LogP contribution in [0.2, 0.25) is 0 Å². The van der Waals surface area contributed by atoms with Crippen LogP contribution in [0, 0.1) is 0 Å². The van der Waals surface area contributed by atoms with Gasteiger partial charge in [-0.1, -0.05) is 26.8 Å². The Kier molecular flexibility index (Phi) is 2.02. The quantitative estimate of drug-likeness (QED) is 0.568. The molecule has 2 heterocycles. The van der Waals surface area contributed by atoms with E-state index in [2.05, 4.69) is 60.6 Å². The first-order valence-electron chi connectivity index (χ1n) is 5.92. The number of fused-ring (bicyclic) bond motifs is 3. The standard InChI is InChI=1S/C15H16N2/c1-15(2,3)11-6-7-14-13(9-11)16-10-12-5-4-8-17(12)14/h4-10H,1-3H3. The molecule has 2 nitrogen and oxygen atoms in total. The SMILES string of the molecule is CC(C)(C)c1ccc2c(c1)ncc1cccn12. The Balaban J connectivity index is 2.34. The second-order valence-corrected chi connectivity index (χ2v) is 5.51. The Labute approximate surface area is 101 Å². The van der Waals surface area contributed by atoms with E-state index in [0.717, 1.165) is 11.0 Å². The lowest BCUT2D eigenvalue weighted by Crippen LogP contribution is -2.10. The number of hydrogen-bond donors (Lipinski definition) is 0. The van der Waals surface area contributed by atoms with E-state index in [1.54, 1.807) is 0 Å². The first kappa shape index (κ1) is 10.3. The molecule has 2 aromatic heterocycles. The molecule has 0 saturated carbocycles. The molecule has 0 N–H and O–H groups in total. The summed E-state index contributed by atoms with van der Waals surface area (Å²) in [6.45, 7) is 6.67. The van der Waals surface area contributed by atoms with Crippen LogP contribution in [0.1, 0.15) is 26.3 Å². The monoisotopic (exact) mass is 224 g/mol. The van der Waals surface area contributed by atoms with Crippen LogP contribution in [0.3, 0.4) is 0 Å². The molecule has 1 aromatic carbocycles. The van der Waals surface area contributed by atoms with Gasteiger partial charge in [-0.15, -0.1) is 0 Å². The molecular weight excluding hydrogens is 208 g/mol. The zero-order chi connectivity index (χ0) is 12.0. The Morgan fingerprint density at radius 3 is 2.71 bits per heavy atom. The van der Waals surface area contributed by atoms with Gasteiger partial charge in [-0.05, 0) is 35.2 Å². The third kappa shape index (κ3) is 1.60. The van der Waals surface area contributed by atoms with Crippen LogP contribution in [0.4, 0.5) is 0 Å². The molecule has 0 spiro atoms. The predicted molar refractivity (Wildman–Crippen MR) is 71.4 cm³/mol. The molecule has 0 amide bonds. The van der Waals surface area contributed by atoms with Gasteiger partial charge < -0.3 is 4.40 Å². The molecule has 2 heteroatoms. The zero-order valence-corrected chi connectivity index (χ0v) is 10.4. The maximum atomic E-state index is 4.53. The lowest BCUT2D eigenvalue weighted by atomic mass is 9.87. The van der Waals surface area contributed by atoms with Crippen molar-refractivity contribution < 1.29 is 0 Å². The molecule has 0 atom stereocenters. The van der Waals surface area contributed by atoms with Crippen molar-refractivity contribution in [2.75, 3.05) is 0 Å². The minimum Gasteiger partial charge on any atom is -0.314 e. The van der Waals surface area contributed by atoms with Crippen LogP contribution in [0.25, 0.3) is 16.6 Å². The molecule has 86 valence electrons. The summed E-state index contributed by atoms with van der Waals surface area (Å²) in [5.41, 5.74) is 4.85. The largest absolute Gasteiger partial charge is 0.314 e. The number of aromatic nitrogens is 2. The van der Waals surface area contributed by atoms with Gasteiger partial charge in [0.15, 0.2) is 0 Å². The average molecular weight is 224 g/mol. The topological polar surface area (TPSA) is 17.3 Å². The first-order valence-corrected chi connectivity index (χ1v) is 5.92. The molecule has 3 aromatic rings. The maximum Gasteiger partial charge on any atom is 0.0873 e. The van der Waals surface area contributed by atoms with Crippen molar-refractivity contribution >= 4 is 16.6 Å². The summed E-state index contributed by atoms with van der Waals surface area (Å²) < 4.78 is 2.18. The molecular formula is C15H16N2. The molecule has 0 unspecified atom stereocenters. The van der Waals surface area contributed by atoms with Gasteiger partial charge in [-0.25, -0.2) is 0 Å². The molecule has 0 radical (unpaired) electrons. The highest BCUT2D eigenvalue weighted by Gasteiger charge is 2.14. The fourth-order valence-corrected chi connectivity index (χ4v) is 2.15. The Morgan fingerprint density at radius 2 is 1.94 bits per heavy atom. The average Bonchev–Trinajstić information content (AvgIpc) is 2.75. The van der Waals surface area contributed by atoms with Crippen LogP contribution < -0.4 is 0 Å². The molecule has 3 rings (SSSR count). The number of benzene rings is 1. The van der Waals surface area contributed by atoms with E-state index in [1.807, 2.05) is 12.3 Å². The second kappa shape index (κ2) is 3.33. The van der Waals surface area contributed by atoms with E-state index in [0.29, 0.717) is 0 Å². The van der Waals surface area contributed by atoms with Crippen molar-refractivity contribution in [2.45, 2.75) is 26.2 Å². The highest BCUT2D eigenvalue weighted by molar-refractivity contribution is 5.79. The van der Waals surface area contributed by atoms with Crippen LogP contribution in [-0.4, -0.2) is 9.38 Å². The highest BCUT2D eigenvalue weighted by Crippen LogP contribution is 2.25. The summed E-state index contributed by atoms with van der Waals surface area (Å²) in [7, 11) is 0. The summed E-state index contributed by atoms with van der Waals surface area (Å²) in [5.74, 6) is 0. The lowest BCUT2D eigenvalue weighted by molar-refractivity contribution is 0.591. The minimum atomic E-state index is 0.168. The van der Waals surface area contributed by atoms with Gasteiger partial charge in [-0.3, -0.25) is 4.98 Å². The molecule has 0 aliphatic carbocycles. The predicted octanol–water partition coefficient (Wildman–Crippen LogP) is 3.79. The van der Waals surface area contributed by atoms with Gasteiger partial charge in [0.05, 0.1) is 22.7 Å². The van der Waals surface area contributed by atoms with E-state index in [9.17, 15) is 0 Å². The van der Waals surface area contributed by atoms with Crippen LogP contribution in [0.15, 0.2) is 42.7 Å². The fraction of sp³-hybridized carbons (Fsp3) is 0.267. The van der Waals surface area contributed by atoms with Gasteiger partial charge >= 0.3 is 0 Å². The summed E-state index contributed by atoms with van der Waals surface area (Å²) in [5, 5.41) is 0. The Bertz CT molecular complexity index is 687. The van der Waals surface area contributed by atoms with Gasteiger partial charge in [0.1, 0.15) is 0 Å². The molecule has 0 bridgehead atoms. The summed E-state index contributed by atoms with van der Waals surface area (Å²) >= 11 is 0. The maximum absolute atomic E-state index is 4.53. The van der Waals surface area contributed by atoms with Crippen molar-refractivity contribution in [3.05, 3.63) is 48.3 Å². The Hall–Kier alpha value is -1.83. The van der Waals surface area contributed by atoms with Crippen molar-refractivity contribution in [1.29, 1.82) is 0 Å². The van der Waals surface area contributed by atoms with Crippen LogP contribution in [0.5, 0.6) is 0 Å². The summed E-state index contributed by atoms with van der Waals surface area (Å²) in [6.07, 6.45) is 4.00. The van der Waals surface area contributed by atoms with Gasteiger partial charge in [0.25, 0.3) is 0 Å². The van der Waals surface area contributed by atoms with E-state index >= 15 is 0 Å². The number of nitrogens with zero attached hydrogens (tertiary/aromatic N) is 2. The molecule has 17 heavy (non-hydrogen) atoms. The van der Waals surface area contributed by atoms with Gasteiger partial charge in [0, 0.05) is 6.20 Å². The van der Waals surface area contributed by atoms with E-state index in [1.165, 1.54) is 11.1 Å². The molecule has 0 fully saturated rings. The first-order chi connectivity index (χ1) is 8.05. The summed E-state index contributed by atoms with van der Waals surface area (Å²) in [4.78, 5) is 4.53. The highest BCUT2D eigenvalue weighted by atomic mass is 14.9. The van der Waals surface area contributed by atoms with Crippen LogP contribution >= 0.6 is 0 Å². The van der Waals surface area contributed by atoms with Crippen molar-refractivity contribution in [1.82, 2.24) is 9.38 Å².